The van der Waals surface area contributed by atoms with E-state index in [1.807, 2.05) is 55.5 Å². The van der Waals surface area contributed by atoms with Gasteiger partial charge in [0.05, 0.1) is 10.5 Å². The van der Waals surface area contributed by atoms with Crippen LogP contribution < -0.4 is 4.74 Å². The van der Waals surface area contributed by atoms with Crippen LogP contribution in [-0.4, -0.2) is 4.98 Å². The maximum absolute atomic E-state index is 6.31. The number of ether oxygens (including phenoxy) is 1. The van der Waals surface area contributed by atoms with E-state index in [-0.39, 0.29) is 0 Å². The average molecular weight is 270 g/mol. The average Bonchev–Trinajstić information content (AvgIpc) is 2.45. The van der Waals surface area contributed by atoms with Crippen LogP contribution in [0.5, 0.6) is 11.5 Å². The number of para-hydroxylation sites is 1. The molecule has 0 aliphatic rings. The minimum Gasteiger partial charge on any atom is -0.457 e. The zero-order chi connectivity index (χ0) is 13.2. The fourth-order valence-electron chi connectivity index (χ4n) is 1.93. The molecule has 2 aromatic carbocycles. The van der Waals surface area contributed by atoms with Crippen LogP contribution in [0.4, 0.5) is 0 Å². The Kier molecular flexibility index (Phi) is 3.10. The fourth-order valence-corrected chi connectivity index (χ4v) is 2.13. The van der Waals surface area contributed by atoms with Crippen molar-refractivity contribution in [2.24, 2.45) is 0 Å². The Hall–Kier alpha value is -2.06. The highest BCUT2D eigenvalue weighted by molar-refractivity contribution is 6.36. The van der Waals surface area contributed by atoms with Gasteiger partial charge in [0.1, 0.15) is 11.5 Å². The summed E-state index contributed by atoms with van der Waals surface area (Å²) in [5.74, 6) is 1.56. The number of benzene rings is 2. The van der Waals surface area contributed by atoms with Crippen LogP contribution in [-0.2, 0) is 0 Å². The predicted molar refractivity (Wildman–Crippen MR) is 78.0 cm³/mol. The Morgan fingerprint density at radius 2 is 1.79 bits per heavy atom. The molecule has 3 aromatic rings. The monoisotopic (exact) mass is 269 g/mol. The molecule has 3 rings (SSSR count). The lowest BCUT2D eigenvalue weighted by molar-refractivity contribution is 0.483. The second-order valence-corrected chi connectivity index (χ2v) is 4.73. The maximum atomic E-state index is 6.31. The summed E-state index contributed by atoms with van der Waals surface area (Å²) in [6.07, 6.45) is 1.78. The molecule has 2 nitrogen and oxygen atoms in total. The molecule has 19 heavy (non-hydrogen) atoms. The molecule has 0 radical (unpaired) electrons. The van der Waals surface area contributed by atoms with Crippen LogP contribution in [0.25, 0.3) is 10.9 Å². The first-order valence-electron chi connectivity index (χ1n) is 6.02. The second kappa shape index (κ2) is 4.90. The molecule has 0 saturated heterocycles. The molecule has 0 spiro atoms. The molecule has 94 valence electrons. The van der Waals surface area contributed by atoms with Crippen molar-refractivity contribution in [2.45, 2.75) is 6.92 Å². The van der Waals surface area contributed by atoms with Gasteiger partial charge in [-0.25, -0.2) is 0 Å². The van der Waals surface area contributed by atoms with E-state index in [9.17, 15) is 0 Å². The Labute approximate surface area is 116 Å². The van der Waals surface area contributed by atoms with Crippen molar-refractivity contribution in [3.8, 4) is 11.5 Å². The molecule has 3 heteroatoms. The number of hydrogen-bond acceptors (Lipinski definition) is 2. The van der Waals surface area contributed by atoms with Gasteiger partial charge in [-0.2, -0.15) is 0 Å². The molecule has 0 unspecified atom stereocenters. The van der Waals surface area contributed by atoms with Crippen LogP contribution in [0.2, 0.25) is 5.02 Å². The first kappa shape index (κ1) is 12.0. The van der Waals surface area contributed by atoms with Gasteiger partial charge in [-0.1, -0.05) is 29.8 Å². The first-order valence-corrected chi connectivity index (χ1v) is 6.39. The van der Waals surface area contributed by atoms with Crippen LogP contribution in [0, 0.1) is 6.92 Å². The number of pyridine rings is 1. The van der Waals surface area contributed by atoms with Gasteiger partial charge in [0, 0.05) is 11.6 Å². The van der Waals surface area contributed by atoms with Gasteiger partial charge in [0.2, 0.25) is 0 Å². The zero-order valence-corrected chi connectivity index (χ0v) is 11.2. The van der Waals surface area contributed by atoms with E-state index < -0.39 is 0 Å². The van der Waals surface area contributed by atoms with E-state index in [1.54, 1.807) is 6.20 Å². The Morgan fingerprint density at radius 3 is 2.58 bits per heavy atom. The molecule has 0 atom stereocenters. The van der Waals surface area contributed by atoms with Crippen LogP contribution >= 0.6 is 11.6 Å². The summed E-state index contributed by atoms with van der Waals surface area (Å²) in [5, 5.41) is 1.64. The highest BCUT2D eigenvalue weighted by atomic mass is 35.5. The minimum absolute atomic E-state index is 0.725. The van der Waals surface area contributed by atoms with Crippen molar-refractivity contribution < 1.29 is 4.74 Å². The lowest BCUT2D eigenvalue weighted by Crippen LogP contribution is -1.87. The van der Waals surface area contributed by atoms with Gasteiger partial charge in [0.15, 0.2) is 0 Å². The third kappa shape index (κ3) is 2.40. The summed E-state index contributed by atoms with van der Waals surface area (Å²) in [7, 11) is 0. The number of rotatable bonds is 2. The number of nitrogens with zero attached hydrogens (tertiary/aromatic N) is 1. The topological polar surface area (TPSA) is 22.1 Å². The summed E-state index contributed by atoms with van der Waals surface area (Å²) >= 11 is 6.31. The molecule has 1 aromatic heterocycles. The third-order valence-corrected chi connectivity index (χ3v) is 3.43. The minimum atomic E-state index is 0.725. The quantitative estimate of drug-likeness (QED) is 0.654. The summed E-state index contributed by atoms with van der Waals surface area (Å²) in [4.78, 5) is 4.35. The van der Waals surface area contributed by atoms with Crippen molar-refractivity contribution in [1.82, 2.24) is 4.98 Å². The van der Waals surface area contributed by atoms with Gasteiger partial charge in [-0.05, 0) is 42.8 Å². The lowest BCUT2D eigenvalue weighted by Gasteiger charge is -2.08. The summed E-state index contributed by atoms with van der Waals surface area (Å²) in [6.45, 7) is 1.94. The van der Waals surface area contributed by atoms with Crippen LogP contribution in [0.15, 0.2) is 54.7 Å². The van der Waals surface area contributed by atoms with E-state index in [0.29, 0.717) is 0 Å². The van der Waals surface area contributed by atoms with Crippen molar-refractivity contribution >= 4 is 22.5 Å². The summed E-state index contributed by atoms with van der Waals surface area (Å²) < 4.78 is 5.79. The smallest absolute Gasteiger partial charge is 0.128 e. The number of fused-ring (bicyclic) bond motifs is 1. The molecule has 0 aliphatic carbocycles. The maximum Gasteiger partial charge on any atom is 0.128 e. The molecule has 0 amide bonds. The summed E-state index contributed by atoms with van der Waals surface area (Å²) in [6, 6.07) is 15.4. The third-order valence-electron chi connectivity index (χ3n) is 2.93. The fraction of sp³-hybridized carbons (Fsp3) is 0.0625. The van der Waals surface area contributed by atoms with E-state index in [2.05, 4.69) is 4.98 Å². The Morgan fingerprint density at radius 1 is 1.00 bits per heavy atom. The van der Waals surface area contributed by atoms with Crippen molar-refractivity contribution in [2.75, 3.05) is 0 Å². The number of aryl methyl sites for hydroxylation is 1. The van der Waals surface area contributed by atoms with Gasteiger partial charge in [0.25, 0.3) is 0 Å². The molecule has 0 saturated carbocycles. The number of hydrogen-bond donors (Lipinski definition) is 0. The van der Waals surface area contributed by atoms with Crippen LogP contribution in [0.3, 0.4) is 0 Å². The molecule has 0 N–H and O–H groups in total. The Bertz CT molecular complexity index is 725. The van der Waals surface area contributed by atoms with Crippen molar-refractivity contribution in [1.29, 1.82) is 0 Å². The highest BCUT2D eigenvalue weighted by Crippen LogP contribution is 2.30. The SMILES string of the molecule is Cc1cnc2ccc(Oc3ccccc3)cc2c1Cl. The normalized spacial score (nSPS) is 10.6. The molecule has 1 heterocycles. The molecular weight excluding hydrogens is 258 g/mol. The van der Waals surface area contributed by atoms with E-state index >= 15 is 0 Å². The van der Waals surface area contributed by atoms with Crippen LogP contribution in [0.1, 0.15) is 5.56 Å². The standard InChI is InChI=1S/C16H12ClNO/c1-11-10-18-15-8-7-13(9-14(15)16(11)17)19-12-5-3-2-4-6-12/h2-10H,1H3. The Balaban J connectivity index is 2.04. The van der Waals surface area contributed by atoms with Crippen molar-refractivity contribution in [3.05, 3.63) is 65.3 Å². The molecule has 0 aliphatic heterocycles. The van der Waals surface area contributed by atoms with E-state index in [4.69, 9.17) is 16.3 Å². The second-order valence-electron chi connectivity index (χ2n) is 4.35. The largest absolute Gasteiger partial charge is 0.457 e. The van der Waals surface area contributed by atoms with Gasteiger partial charge in [-0.3, -0.25) is 4.98 Å². The van der Waals surface area contributed by atoms with Gasteiger partial charge < -0.3 is 4.74 Å². The molecule has 0 fully saturated rings. The van der Waals surface area contributed by atoms with E-state index in [0.717, 1.165) is 33.0 Å². The zero-order valence-electron chi connectivity index (χ0n) is 10.4. The number of aromatic nitrogens is 1. The van der Waals surface area contributed by atoms with Gasteiger partial charge in [-0.15, -0.1) is 0 Å². The lowest BCUT2D eigenvalue weighted by atomic mass is 10.1. The first-order chi connectivity index (χ1) is 9.24. The highest BCUT2D eigenvalue weighted by Gasteiger charge is 2.05. The van der Waals surface area contributed by atoms with Gasteiger partial charge >= 0.3 is 0 Å². The molecule has 0 bridgehead atoms. The van der Waals surface area contributed by atoms with E-state index in [1.165, 1.54) is 0 Å². The predicted octanol–water partition coefficient (Wildman–Crippen LogP) is 4.99. The van der Waals surface area contributed by atoms with Crippen molar-refractivity contribution in [3.63, 3.8) is 0 Å². The molecular formula is C16H12ClNO. The summed E-state index contributed by atoms with van der Waals surface area (Å²) in [5.41, 5.74) is 1.84. The number of halogens is 1.